The summed E-state index contributed by atoms with van der Waals surface area (Å²) in [4.78, 5) is 11.8. The van der Waals surface area contributed by atoms with E-state index in [1.165, 1.54) is 12.1 Å². The molecule has 0 aromatic heterocycles. The van der Waals surface area contributed by atoms with E-state index in [1.807, 2.05) is 6.92 Å². The molecule has 0 aliphatic heterocycles. The van der Waals surface area contributed by atoms with Crippen LogP contribution in [0.3, 0.4) is 0 Å². The summed E-state index contributed by atoms with van der Waals surface area (Å²) in [6, 6.07) is 13.0. The van der Waals surface area contributed by atoms with Gasteiger partial charge in [-0.25, -0.2) is 17.5 Å². The number of ether oxygens (including phenoxy) is 1. The van der Waals surface area contributed by atoms with Gasteiger partial charge in [0.2, 0.25) is 0 Å². The molecule has 0 amide bonds. The van der Waals surface area contributed by atoms with Crippen molar-refractivity contribution in [2.24, 2.45) is 0 Å². The van der Waals surface area contributed by atoms with Crippen molar-refractivity contribution in [1.29, 1.82) is 0 Å². The van der Waals surface area contributed by atoms with Gasteiger partial charge in [-0.05, 0) is 38.1 Å². The van der Waals surface area contributed by atoms with Crippen molar-refractivity contribution in [3.63, 3.8) is 0 Å². The Bertz CT molecular complexity index is 966. The standard InChI is InChI=1S/C20H20ClNO4S/c1-4-26-20(23)12-13-22(16(3)17-6-5-7-18(21)14-17)27(24,25)19-10-8-15(2)9-11-19/h5-14H,3-4H2,1-2H3/b13-12+. The molecule has 0 spiro atoms. The number of esters is 1. The quantitative estimate of drug-likeness (QED) is 0.506. The number of halogens is 1. The summed E-state index contributed by atoms with van der Waals surface area (Å²) in [5.41, 5.74) is 1.58. The Hall–Kier alpha value is -2.57. The molecule has 0 bridgehead atoms. The fraction of sp³-hybridized carbons (Fsp3) is 0.150. The number of rotatable bonds is 7. The molecule has 0 aliphatic rings. The zero-order valence-corrected chi connectivity index (χ0v) is 16.6. The fourth-order valence-corrected chi connectivity index (χ4v) is 3.77. The highest BCUT2D eigenvalue weighted by molar-refractivity contribution is 7.89. The summed E-state index contributed by atoms with van der Waals surface area (Å²) in [7, 11) is -3.99. The van der Waals surface area contributed by atoms with Crippen molar-refractivity contribution < 1.29 is 17.9 Å². The number of sulfonamides is 1. The van der Waals surface area contributed by atoms with Crippen LogP contribution in [0.1, 0.15) is 18.1 Å². The van der Waals surface area contributed by atoms with Crippen molar-refractivity contribution in [3.8, 4) is 0 Å². The second-order valence-electron chi connectivity index (χ2n) is 5.64. The average molecular weight is 406 g/mol. The Balaban J connectivity index is 2.50. The first-order valence-corrected chi connectivity index (χ1v) is 9.98. The van der Waals surface area contributed by atoms with Gasteiger partial charge in [-0.15, -0.1) is 0 Å². The molecule has 0 saturated heterocycles. The number of nitrogens with zero attached hydrogens (tertiary/aromatic N) is 1. The minimum atomic E-state index is -3.99. The van der Waals surface area contributed by atoms with Gasteiger partial charge in [0, 0.05) is 22.9 Å². The lowest BCUT2D eigenvalue weighted by molar-refractivity contribution is -0.137. The van der Waals surface area contributed by atoms with E-state index in [-0.39, 0.29) is 17.2 Å². The summed E-state index contributed by atoms with van der Waals surface area (Å²) in [5.74, 6) is -0.652. The van der Waals surface area contributed by atoms with E-state index in [0.29, 0.717) is 10.6 Å². The molecule has 2 rings (SSSR count). The molecule has 0 aliphatic carbocycles. The van der Waals surface area contributed by atoms with Crippen LogP contribution in [0.25, 0.3) is 5.70 Å². The summed E-state index contributed by atoms with van der Waals surface area (Å²) in [5, 5.41) is 0.440. The molecule has 142 valence electrons. The number of aryl methyl sites for hydroxylation is 1. The maximum atomic E-state index is 13.1. The van der Waals surface area contributed by atoms with E-state index < -0.39 is 16.0 Å². The molecule has 0 unspecified atom stereocenters. The first kappa shape index (κ1) is 20.7. The minimum Gasteiger partial charge on any atom is -0.463 e. The molecule has 0 fully saturated rings. The normalized spacial score (nSPS) is 11.4. The second kappa shape index (κ2) is 8.88. The van der Waals surface area contributed by atoms with Crippen LogP contribution >= 0.6 is 11.6 Å². The number of carbonyl (C=O) groups excluding carboxylic acids is 1. The van der Waals surface area contributed by atoms with Gasteiger partial charge in [0.15, 0.2) is 0 Å². The Morgan fingerprint density at radius 1 is 1.22 bits per heavy atom. The Labute approximate surface area is 164 Å². The molecule has 0 saturated carbocycles. The lowest BCUT2D eigenvalue weighted by Gasteiger charge is -2.23. The zero-order chi connectivity index (χ0) is 20.0. The summed E-state index contributed by atoms with van der Waals surface area (Å²) >= 11 is 6.01. The van der Waals surface area contributed by atoms with Crippen LogP contribution < -0.4 is 0 Å². The fourth-order valence-electron chi connectivity index (χ4n) is 2.25. The van der Waals surface area contributed by atoms with Crippen molar-refractivity contribution >= 4 is 33.3 Å². The van der Waals surface area contributed by atoms with Gasteiger partial charge in [-0.2, -0.15) is 0 Å². The molecule has 2 aromatic carbocycles. The van der Waals surface area contributed by atoms with Crippen molar-refractivity contribution in [2.45, 2.75) is 18.7 Å². The van der Waals surface area contributed by atoms with E-state index in [0.717, 1.165) is 22.1 Å². The van der Waals surface area contributed by atoms with Gasteiger partial charge in [0.05, 0.1) is 17.2 Å². The van der Waals surface area contributed by atoms with E-state index >= 15 is 0 Å². The van der Waals surface area contributed by atoms with Gasteiger partial charge in [-0.1, -0.05) is 48.0 Å². The largest absolute Gasteiger partial charge is 0.463 e. The summed E-state index contributed by atoms with van der Waals surface area (Å²) in [6.07, 6.45) is 2.18. The monoisotopic (exact) mass is 405 g/mol. The molecule has 0 N–H and O–H groups in total. The molecule has 0 radical (unpaired) electrons. The van der Waals surface area contributed by atoms with Crippen LogP contribution in [0.15, 0.2) is 72.3 Å². The first-order chi connectivity index (χ1) is 12.8. The SMILES string of the molecule is C=C(c1cccc(Cl)c1)N(/C=C/C(=O)OCC)S(=O)(=O)c1ccc(C)cc1. The highest BCUT2D eigenvalue weighted by Gasteiger charge is 2.25. The third-order valence-electron chi connectivity index (χ3n) is 3.63. The van der Waals surface area contributed by atoms with Gasteiger partial charge >= 0.3 is 5.97 Å². The Kier molecular flexibility index (Phi) is 6.82. The molecule has 27 heavy (non-hydrogen) atoms. The first-order valence-electron chi connectivity index (χ1n) is 8.16. The van der Waals surface area contributed by atoms with Crippen LogP contribution in [-0.4, -0.2) is 25.3 Å². The molecule has 0 heterocycles. The predicted molar refractivity (Wildman–Crippen MR) is 106 cm³/mol. The van der Waals surface area contributed by atoms with E-state index in [9.17, 15) is 13.2 Å². The van der Waals surface area contributed by atoms with Crippen LogP contribution in [0.2, 0.25) is 5.02 Å². The van der Waals surface area contributed by atoms with Crippen LogP contribution in [0.5, 0.6) is 0 Å². The highest BCUT2D eigenvalue weighted by atomic mass is 35.5. The predicted octanol–water partition coefficient (Wildman–Crippen LogP) is 4.39. The van der Waals surface area contributed by atoms with Crippen LogP contribution in [-0.2, 0) is 19.6 Å². The number of carbonyl (C=O) groups is 1. The van der Waals surface area contributed by atoms with Gasteiger partial charge < -0.3 is 4.74 Å². The average Bonchev–Trinajstić information content (AvgIpc) is 2.62. The van der Waals surface area contributed by atoms with E-state index in [1.54, 1.807) is 43.3 Å². The van der Waals surface area contributed by atoms with Crippen molar-refractivity contribution in [2.75, 3.05) is 6.61 Å². The number of benzene rings is 2. The second-order valence-corrected chi connectivity index (χ2v) is 7.89. The van der Waals surface area contributed by atoms with Gasteiger partial charge in [0.25, 0.3) is 10.0 Å². The third-order valence-corrected chi connectivity index (χ3v) is 5.60. The highest BCUT2D eigenvalue weighted by Crippen LogP contribution is 2.27. The van der Waals surface area contributed by atoms with Crippen LogP contribution in [0, 0.1) is 6.92 Å². The Morgan fingerprint density at radius 3 is 2.48 bits per heavy atom. The maximum absolute atomic E-state index is 13.1. The maximum Gasteiger partial charge on any atom is 0.332 e. The molecular formula is C20H20ClNO4S. The number of hydrogen-bond donors (Lipinski definition) is 0. The molecule has 2 aromatic rings. The lowest BCUT2D eigenvalue weighted by atomic mass is 10.2. The van der Waals surface area contributed by atoms with Gasteiger partial charge in [0.1, 0.15) is 0 Å². The van der Waals surface area contributed by atoms with Crippen LogP contribution in [0.4, 0.5) is 0 Å². The van der Waals surface area contributed by atoms with E-state index in [4.69, 9.17) is 16.3 Å². The topological polar surface area (TPSA) is 63.7 Å². The van der Waals surface area contributed by atoms with Crippen molar-refractivity contribution in [1.82, 2.24) is 4.31 Å². The smallest absolute Gasteiger partial charge is 0.332 e. The molecule has 5 nitrogen and oxygen atoms in total. The lowest BCUT2D eigenvalue weighted by Crippen LogP contribution is -2.25. The van der Waals surface area contributed by atoms with Crippen molar-refractivity contribution in [3.05, 3.63) is 83.5 Å². The summed E-state index contributed by atoms with van der Waals surface area (Å²) < 4.78 is 32.1. The molecule has 0 atom stereocenters. The van der Waals surface area contributed by atoms with E-state index in [2.05, 4.69) is 6.58 Å². The minimum absolute atomic E-state index is 0.0739. The molecular weight excluding hydrogens is 386 g/mol. The number of hydrogen-bond acceptors (Lipinski definition) is 4. The Morgan fingerprint density at radius 2 is 1.89 bits per heavy atom. The summed E-state index contributed by atoms with van der Waals surface area (Å²) in [6.45, 7) is 7.59. The molecule has 7 heteroatoms. The third kappa shape index (κ3) is 5.21. The van der Waals surface area contributed by atoms with Gasteiger partial charge in [-0.3, -0.25) is 0 Å². The zero-order valence-electron chi connectivity index (χ0n) is 15.1.